The number of hydrogen-bond donors (Lipinski definition) is 3. The van der Waals surface area contributed by atoms with E-state index in [0.29, 0.717) is 5.56 Å². The summed E-state index contributed by atoms with van der Waals surface area (Å²) in [5, 5.41) is 21.2. The van der Waals surface area contributed by atoms with Gasteiger partial charge in [-0.15, -0.1) is 0 Å². The molecule has 1 atom stereocenters. The molecule has 1 aliphatic heterocycles. The summed E-state index contributed by atoms with van der Waals surface area (Å²) in [6.45, 7) is 8.55. The van der Waals surface area contributed by atoms with Crippen molar-refractivity contribution < 1.29 is 15.0 Å². The van der Waals surface area contributed by atoms with Crippen LogP contribution in [0.25, 0.3) is 0 Å². The second-order valence-corrected chi connectivity index (χ2v) is 7.91. The first-order valence-corrected chi connectivity index (χ1v) is 8.65. The van der Waals surface area contributed by atoms with Crippen LogP contribution in [-0.4, -0.2) is 51.4 Å². The molecule has 24 heavy (non-hydrogen) atoms. The quantitative estimate of drug-likeness (QED) is 0.774. The fourth-order valence-electron chi connectivity index (χ4n) is 3.71. The molecule has 0 aromatic heterocycles. The van der Waals surface area contributed by atoms with Crippen molar-refractivity contribution in [2.45, 2.75) is 64.1 Å². The highest BCUT2D eigenvalue weighted by atomic mass is 16.3. The van der Waals surface area contributed by atoms with Crippen molar-refractivity contribution in [1.82, 2.24) is 4.90 Å². The minimum absolute atomic E-state index is 0.0617. The number of carbonyl (C=O) groups excluding carboxylic acids is 1. The predicted molar refractivity (Wildman–Crippen MR) is 96.2 cm³/mol. The molecule has 1 unspecified atom stereocenters. The Morgan fingerprint density at radius 3 is 2.21 bits per heavy atom. The molecule has 0 saturated carbocycles. The predicted octanol–water partition coefficient (Wildman–Crippen LogP) is 2.64. The van der Waals surface area contributed by atoms with Crippen LogP contribution in [0, 0.1) is 0 Å². The molecule has 5 nitrogen and oxygen atoms in total. The fourth-order valence-corrected chi connectivity index (χ4v) is 3.71. The third-order valence-electron chi connectivity index (χ3n) is 4.88. The highest BCUT2D eigenvalue weighted by Crippen LogP contribution is 2.39. The second-order valence-electron chi connectivity index (χ2n) is 7.91. The molecular weight excluding hydrogens is 304 g/mol. The number of aliphatic hydroxyl groups excluding tert-OH is 2. The Morgan fingerprint density at radius 2 is 1.71 bits per heavy atom. The van der Waals surface area contributed by atoms with Crippen molar-refractivity contribution in [3.63, 3.8) is 0 Å². The molecule has 0 aliphatic carbocycles. The maximum Gasteiger partial charge on any atom is 0.254 e. The Morgan fingerprint density at radius 1 is 1.17 bits per heavy atom. The highest BCUT2D eigenvalue weighted by molar-refractivity contribution is 5.95. The minimum Gasteiger partial charge on any atom is -0.394 e. The molecule has 0 bridgehead atoms. The van der Waals surface area contributed by atoms with Crippen LogP contribution >= 0.6 is 0 Å². The molecule has 1 fully saturated rings. The van der Waals surface area contributed by atoms with Gasteiger partial charge in [0.1, 0.15) is 0 Å². The van der Waals surface area contributed by atoms with Crippen molar-refractivity contribution in [2.24, 2.45) is 0 Å². The van der Waals surface area contributed by atoms with E-state index < -0.39 is 6.10 Å². The third kappa shape index (κ3) is 4.08. The van der Waals surface area contributed by atoms with Gasteiger partial charge in [-0.2, -0.15) is 0 Å². The highest BCUT2D eigenvalue weighted by Gasteiger charge is 2.44. The maximum atomic E-state index is 13.1. The Balaban J connectivity index is 2.14. The molecule has 1 aromatic carbocycles. The molecule has 1 saturated heterocycles. The lowest BCUT2D eigenvalue weighted by Crippen LogP contribution is -2.60. The van der Waals surface area contributed by atoms with Gasteiger partial charge in [0.15, 0.2) is 0 Å². The van der Waals surface area contributed by atoms with E-state index in [1.807, 2.05) is 29.2 Å². The van der Waals surface area contributed by atoms with Crippen LogP contribution in [0.3, 0.4) is 0 Å². The number of hydrogen-bond acceptors (Lipinski definition) is 4. The van der Waals surface area contributed by atoms with Gasteiger partial charge in [0.25, 0.3) is 5.91 Å². The van der Waals surface area contributed by atoms with E-state index in [2.05, 4.69) is 33.0 Å². The molecular formula is C19H30N2O3. The topological polar surface area (TPSA) is 72.8 Å². The lowest BCUT2D eigenvalue weighted by molar-refractivity contribution is -0.0111. The Bertz CT molecular complexity index is 550. The summed E-state index contributed by atoms with van der Waals surface area (Å²) in [6, 6.07) is 7.30. The lowest BCUT2D eigenvalue weighted by Gasteiger charge is -2.53. The number of nitrogens with zero attached hydrogens (tertiary/aromatic N) is 1. The monoisotopic (exact) mass is 334 g/mol. The summed E-state index contributed by atoms with van der Waals surface area (Å²) in [5.74, 6) is 0.0617. The van der Waals surface area contributed by atoms with Gasteiger partial charge in [-0.25, -0.2) is 0 Å². The zero-order valence-corrected chi connectivity index (χ0v) is 15.2. The summed E-state index contributed by atoms with van der Waals surface area (Å²) in [4.78, 5) is 15.1. The van der Waals surface area contributed by atoms with Crippen LogP contribution in [0.15, 0.2) is 24.3 Å². The SMILES string of the molecule is CC1(C)CCCC(C)(C)N1C(=O)c1ccc(NCC(O)CO)cc1. The molecule has 1 aliphatic rings. The molecule has 0 radical (unpaired) electrons. The van der Waals surface area contributed by atoms with Gasteiger partial charge in [-0.05, 0) is 71.2 Å². The van der Waals surface area contributed by atoms with E-state index in [1.165, 1.54) is 0 Å². The minimum atomic E-state index is -0.791. The van der Waals surface area contributed by atoms with E-state index >= 15 is 0 Å². The summed E-state index contributed by atoms with van der Waals surface area (Å²) < 4.78 is 0. The van der Waals surface area contributed by atoms with Crippen LogP contribution < -0.4 is 5.32 Å². The average Bonchev–Trinajstić information content (AvgIpc) is 2.51. The van der Waals surface area contributed by atoms with Crippen LogP contribution in [-0.2, 0) is 0 Å². The first-order chi connectivity index (χ1) is 11.2. The van der Waals surface area contributed by atoms with Crippen molar-refractivity contribution >= 4 is 11.6 Å². The zero-order chi connectivity index (χ0) is 18.0. The molecule has 1 amide bonds. The van der Waals surface area contributed by atoms with Crippen molar-refractivity contribution in [3.05, 3.63) is 29.8 Å². The normalized spacial score (nSPS) is 20.5. The van der Waals surface area contributed by atoms with Crippen molar-refractivity contribution in [1.29, 1.82) is 0 Å². The number of anilines is 1. The van der Waals surface area contributed by atoms with Gasteiger partial charge in [0, 0.05) is 28.9 Å². The van der Waals surface area contributed by atoms with Gasteiger partial charge in [0.2, 0.25) is 0 Å². The Kier molecular flexibility index (Phi) is 5.56. The van der Waals surface area contributed by atoms with E-state index in [9.17, 15) is 9.90 Å². The van der Waals surface area contributed by atoms with E-state index in [0.717, 1.165) is 24.9 Å². The number of nitrogens with one attached hydrogen (secondary N) is 1. The molecule has 0 spiro atoms. The summed E-state index contributed by atoms with van der Waals surface area (Å²) in [5.41, 5.74) is 1.18. The van der Waals surface area contributed by atoms with Crippen LogP contribution in [0.5, 0.6) is 0 Å². The van der Waals surface area contributed by atoms with Crippen molar-refractivity contribution in [2.75, 3.05) is 18.5 Å². The molecule has 1 aromatic rings. The molecule has 1 heterocycles. The van der Waals surface area contributed by atoms with Gasteiger partial charge >= 0.3 is 0 Å². The van der Waals surface area contributed by atoms with E-state index in [-0.39, 0.29) is 30.1 Å². The van der Waals surface area contributed by atoms with E-state index in [4.69, 9.17) is 5.11 Å². The second kappa shape index (κ2) is 7.11. The standard InChI is InChI=1S/C19H30N2O3/c1-18(2)10-5-11-19(3,4)21(18)17(24)14-6-8-15(9-7-14)20-12-16(23)13-22/h6-9,16,20,22-23H,5,10-13H2,1-4H3. The van der Waals surface area contributed by atoms with Gasteiger partial charge in [0.05, 0.1) is 12.7 Å². The average molecular weight is 334 g/mol. The van der Waals surface area contributed by atoms with E-state index in [1.54, 1.807) is 0 Å². The van der Waals surface area contributed by atoms with Gasteiger partial charge in [-0.1, -0.05) is 0 Å². The number of amides is 1. The van der Waals surface area contributed by atoms with Crippen LogP contribution in [0.2, 0.25) is 0 Å². The van der Waals surface area contributed by atoms with Gasteiger partial charge in [-0.3, -0.25) is 4.79 Å². The molecule has 5 heteroatoms. The lowest BCUT2D eigenvalue weighted by atomic mass is 9.79. The number of aliphatic hydroxyl groups is 2. The fraction of sp³-hybridized carbons (Fsp3) is 0.632. The zero-order valence-electron chi connectivity index (χ0n) is 15.2. The first-order valence-electron chi connectivity index (χ1n) is 8.65. The maximum absolute atomic E-state index is 13.1. The van der Waals surface area contributed by atoms with Crippen LogP contribution in [0.1, 0.15) is 57.3 Å². The largest absolute Gasteiger partial charge is 0.394 e. The van der Waals surface area contributed by atoms with Crippen LogP contribution in [0.4, 0.5) is 5.69 Å². The van der Waals surface area contributed by atoms with Crippen molar-refractivity contribution in [3.8, 4) is 0 Å². The summed E-state index contributed by atoms with van der Waals surface area (Å²) >= 11 is 0. The number of benzene rings is 1. The molecule has 134 valence electrons. The summed E-state index contributed by atoms with van der Waals surface area (Å²) in [6.07, 6.45) is 2.38. The smallest absolute Gasteiger partial charge is 0.254 e. The van der Waals surface area contributed by atoms with Gasteiger partial charge < -0.3 is 20.4 Å². The molecule has 2 rings (SSSR count). The summed E-state index contributed by atoms with van der Waals surface area (Å²) in [7, 11) is 0. The Labute approximate surface area is 144 Å². The Hall–Kier alpha value is -1.59. The number of piperidine rings is 1. The third-order valence-corrected chi connectivity index (χ3v) is 4.88. The number of rotatable bonds is 5. The first kappa shape index (κ1) is 18.7. The number of likely N-dealkylation sites (tertiary alicyclic amines) is 1. The number of carbonyl (C=O) groups is 1. The molecule has 3 N–H and O–H groups in total.